The van der Waals surface area contributed by atoms with Crippen LogP contribution in [0.3, 0.4) is 0 Å². The number of carboxylic acid groups (broad SMARTS) is 1. The number of fused-ring (bicyclic) bond motifs is 4. The van der Waals surface area contributed by atoms with E-state index in [0.29, 0.717) is 39.3 Å². The van der Waals surface area contributed by atoms with E-state index in [-0.39, 0.29) is 25.5 Å². The topological polar surface area (TPSA) is 120 Å². The number of aromatic nitrogens is 3. The molecule has 2 N–H and O–H groups in total. The molecule has 6 rings (SSSR count). The molecular weight excluding hydrogens is 494 g/mol. The highest BCUT2D eigenvalue weighted by atomic mass is 32.1. The molecule has 0 bridgehead atoms. The second-order valence-corrected chi connectivity index (χ2v) is 8.94. The van der Waals surface area contributed by atoms with Crippen LogP contribution >= 0.6 is 11.7 Å². The maximum atomic E-state index is 12.8. The molecule has 0 saturated carbocycles. The predicted molar refractivity (Wildman–Crippen MR) is 140 cm³/mol. The zero-order valence-electron chi connectivity index (χ0n) is 19.7. The number of aromatic carboxylic acids is 1. The van der Waals surface area contributed by atoms with Crippen LogP contribution in [0.5, 0.6) is 11.5 Å². The molecule has 0 aliphatic rings. The van der Waals surface area contributed by atoms with Crippen LogP contribution in [0, 0.1) is 0 Å². The van der Waals surface area contributed by atoms with E-state index < -0.39 is 5.97 Å². The standard InChI is InChI=1S/C27H21N3O6S/c1-34-16-7-8-17(22(13-16)35-11-10-31)23-25(27(32)33)30(14-15-6-9-19-20(12-15)29-37-28-19)24-18-4-2-3-5-21(18)36-26(23)24/h2-9,12-13,31H,10-11,14H2,1H3,(H,32,33). The van der Waals surface area contributed by atoms with Crippen LogP contribution < -0.4 is 9.47 Å². The molecule has 0 aliphatic carbocycles. The van der Waals surface area contributed by atoms with Gasteiger partial charge in [0.2, 0.25) is 0 Å². The van der Waals surface area contributed by atoms with E-state index in [4.69, 9.17) is 13.9 Å². The molecule has 6 aromatic rings. The lowest BCUT2D eigenvalue weighted by molar-refractivity contribution is 0.0687. The molecule has 10 heteroatoms. The summed E-state index contributed by atoms with van der Waals surface area (Å²) in [6.07, 6.45) is 0. The molecule has 0 spiro atoms. The summed E-state index contributed by atoms with van der Waals surface area (Å²) in [6, 6.07) is 18.4. The number of aliphatic hydroxyl groups is 1. The third-order valence-electron chi connectivity index (χ3n) is 6.24. The molecule has 0 atom stereocenters. The Morgan fingerprint density at radius 1 is 1.08 bits per heavy atom. The van der Waals surface area contributed by atoms with Crippen molar-refractivity contribution < 1.29 is 28.9 Å². The molecule has 3 aromatic carbocycles. The smallest absolute Gasteiger partial charge is 0.353 e. The third kappa shape index (κ3) is 3.87. The van der Waals surface area contributed by atoms with Crippen molar-refractivity contribution in [3.63, 3.8) is 0 Å². The first-order chi connectivity index (χ1) is 18.1. The molecule has 186 valence electrons. The van der Waals surface area contributed by atoms with Crippen LogP contribution in [0.2, 0.25) is 0 Å². The number of hydrogen-bond acceptors (Lipinski definition) is 8. The second-order valence-electron chi connectivity index (χ2n) is 8.41. The van der Waals surface area contributed by atoms with E-state index in [2.05, 4.69) is 8.75 Å². The Hall–Kier alpha value is -4.41. The molecule has 0 unspecified atom stereocenters. The predicted octanol–water partition coefficient (Wildman–Crippen LogP) is 5.19. The van der Waals surface area contributed by atoms with E-state index in [0.717, 1.165) is 33.7 Å². The zero-order chi connectivity index (χ0) is 25.5. The summed E-state index contributed by atoms with van der Waals surface area (Å²) in [4.78, 5) is 12.8. The number of benzene rings is 3. The summed E-state index contributed by atoms with van der Waals surface area (Å²) < 4.78 is 27.8. The van der Waals surface area contributed by atoms with Gasteiger partial charge in [-0.15, -0.1) is 0 Å². The van der Waals surface area contributed by atoms with Gasteiger partial charge in [0.25, 0.3) is 0 Å². The zero-order valence-corrected chi connectivity index (χ0v) is 20.5. The fraction of sp³-hybridized carbons (Fsp3) is 0.148. The van der Waals surface area contributed by atoms with Crippen molar-refractivity contribution in [1.29, 1.82) is 0 Å². The number of rotatable bonds is 8. The highest BCUT2D eigenvalue weighted by Crippen LogP contribution is 2.45. The van der Waals surface area contributed by atoms with Gasteiger partial charge >= 0.3 is 5.97 Å². The van der Waals surface area contributed by atoms with Gasteiger partial charge in [0.15, 0.2) is 5.58 Å². The van der Waals surface area contributed by atoms with Gasteiger partial charge in [-0.3, -0.25) is 0 Å². The lowest BCUT2D eigenvalue weighted by atomic mass is 10.0. The highest BCUT2D eigenvalue weighted by molar-refractivity contribution is 7.00. The first-order valence-corrected chi connectivity index (χ1v) is 12.2. The summed E-state index contributed by atoms with van der Waals surface area (Å²) in [5.74, 6) is -0.185. The monoisotopic (exact) mass is 515 g/mol. The van der Waals surface area contributed by atoms with E-state index >= 15 is 0 Å². The largest absolute Gasteiger partial charge is 0.497 e. The molecule has 0 radical (unpaired) electrons. The molecule has 0 saturated heterocycles. The first-order valence-electron chi connectivity index (χ1n) is 11.5. The van der Waals surface area contributed by atoms with Gasteiger partial charge in [-0.25, -0.2) is 4.79 Å². The van der Waals surface area contributed by atoms with Crippen molar-refractivity contribution in [1.82, 2.24) is 13.3 Å². The minimum absolute atomic E-state index is 0.0360. The number of para-hydroxylation sites is 1. The van der Waals surface area contributed by atoms with Gasteiger partial charge < -0.3 is 28.7 Å². The van der Waals surface area contributed by atoms with Crippen LogP contribution in [-0.4, -0.2) is 49.8 Å². The van der Waals surface area contributed by atoms with Crippen LogP contribution in [0.1, 0.15) is 16.1 Å². The second kappa shape index (κ2) is 9.23. The summed E-state index contributed by atoms with van der Waals surface area (Å²) in [7, 11) is 1.54. The third-order valence-corrected chi connectivity index (χ3v) is 6.80. The Balaban J connectivity index is 1.65. The lowest BCUT2D eigenvalue weighted by Gasteiger charge is -2.14. The fourth-order valence-corrected chi connectivity index (χ4v) is 5.19. The van der Waals surface area contributed by atoms with Crippen LogP contribution in [0.4, 0.5) is 0 Å². The van der Waals surface area contributed by atoms with E-state index in [1.54, 1.807) is 22.8 Å². The van der Waals surface area contributed by atoms with Crippen LogP contribution in [0.25, 0.3) is 44.2 Å². The van der Waals surface area contributed by atoms with Crippen LogP contribution in [-0.2, 0) is 6.54 Å². The normalized spacial score (nSPS) is 11.5. The molecule has 0 fully saturated rings. The molecule has 37 heavy (non-hydrogen) atoms. The number of nitrogens with zero attached hydrogens (tertiary/aromatic N) is 3. The average Bonchev–Trinajstić information content (AvgIpc) is 3.60. The maximum absolute atomic E-state index is 12.8. The maximum Gasteiger partial charge on any atom is 0.353 e. The summed E-state index contributed by atoms with van der Waals surface area (Å²) in [6.45, 7) is 0.115. The van der Waals surface area contributed by atoms with Gasteiger partial charge in [-0.2, -0.15) is 8.75 Å². The Labute approximate surface area is 214 Å². The van der Waals surface area contributed by atoms with Gasteiger partial charge in [-0.05, 0) is 42.0 Å². The van der Waals surface area contributed by atoms with Crippen molar-refractivity contribution in [3.05, 3.63) is 71.9 Å². The molecule has 3 heterocycles. The Morgan fingerprint density at radius 3 is 2.73 bits per heavy atom. The van der Waals surface area contributed by atoms with Gasteiger partial charge in [-0.1, -0.05) is 18.2 Å². The minimum Gasteiger partial charge on any atom is -0.497 e. The SMILES string of the molecule is COc1ccc(-c2c(C(=O)O)n(Cc3ccc4nsnc4c3)c3c2oc2ccccc23)c(OCCO)c1. The Bertz CT molecular complexity index is 1780. The molecule has 9 nitrogen and oxygen atoms in total. The molecular formula is C27H21N3O6S. The lowest BCUT2D eigenvalue weighted by Crippen LogP contribution is -2.11. The fourth-order valence-electron chi connectivity index (χ4n) is 4.67. The molecule has 0 amide bonds. The summed E-state index contributed by atoms with van der Waals surface area (Å²) >= 11 is 1.14. The van der Waals surface area contributed by atoms with Crippen molar-refractivity contribution in [3.8, 4) is 22.6 Å². The van der Waals surface area contributed by atoms with Crippen molar-refractivity contribution in [2.45, 2.75) is 6.54 Å². The highest BCUT2D eigenvalue weighted by Gasteiger charge is 2.30. The summed E-state index contributed by atoms with van der Waals surface area (Å²) in [5, 5.41) is 20.7. The number of carboxylic acids is 1. The Kier molecular flexibility index (Phi) is 5.74. The van der Waals surface area contributed by atoms with E-state index in [1.165, 1.54) is 7.11 Å². The van der Waals surface area contributed by atoms with E-state index in [9.17, 15) is 15.0 Å². The van der Waals surface area contributed by atoms with E-state index in [1.807, 2.05) is 42.5 Å². The molecule has 3 aromatic heterocycles. The molecule has 0 aliphatic heterocycles. The minimum atomic E-state index is -1.11. The average molecular weight is 516 g/mol. The number of hydrogen-bond donors (Lipinski definition) is 2. The Morgan fingerprint density at radius 2 is 1.92 bits per heavy atom. The van der Waals surface area contributed by atoms with Crippen LogP contribution in [0.15, 0.2) is 65.1 Å². The van der Waals surface area contributed by atoms with Crippen molar-refractivity contribution in [2.24, 2.45) is 0 Å². The number of carbonyl (C=O) groups is 1. The van der Waals surface area contributed by atoms with Gasteiger partial charge in [0.1, 0.15) is 40.4 Å². The first kappa shape index (κ1) is 23.0. The quantitative estimate of drug-likeness (QED) is 0.284. The number of furan rings is 1. The van der Waals surface area contributed by atoms with Crippen molar-refractivity contribution >= 4 is 50.8 Å². The number of methoxy groups -OCH3 is 1. The summed E-state index contributed by atoms with van der Waals surface area (Å²) in [5.41, 5.74) is 5.16. The number of aliphatic hydroxyl groups excluding tert-OH is 1. The van der Waals surface area contributed by atoms with Gasteiger partial charge in [0.05, 0.1) is 36.5 Å². The number of ether oxygens (including phenoxy) is 2. The van der Waals surface area contributed by atoms with Gasteiger partial charge in [0, 0.05) is 23.6 Å². The van der Waals surface area contributed by atoms with Crippen molar-refractivity contribution in [2.75, 3.05) is 20.3 Å².